The Morgan fingerprint density at radius 1 is 1.43 bits per heavy atom. The standard InChI is InChI=1S/C17H19N3O3/c1-5-17(3,4)23-16(22)18-13-8-6-12(7-9-13)15-11(2)10-14(21)19-20-15/h1,6-9,11H,10H2,2-4H3,(H,18,22)(H,19,21). The summed E-state index contributed by atoms with van der Waals surface area (Å²) in [5.41, 5.74) is 3.80. The van der Waals surface area contributed by atoms with Crippen LogP contribution in [0.4, 0.5) is 10.5 Å². The molecule has 0 saturated heterocycles. The first-order valence-corrected chi connectivity index (χ1v) is 7.25. The molecule has 1 aromatic rings. The fraction of sp³-hybridized carbons (Fsp3) is 0.353. The van der Waals surface area contributed by atoms with Crippen molar-refractivity contribution >= 4 is 23.4 Å². The molecule has 1 aromatic carbocycles. The summed E-state index contributed by atoms with van der Waals surface area (Å²) in [6, 6.07) is 7.14. The van der Waals surface area contributed by atoms with Gasteiger partial charge in [0.1, 0.15) is 0 Å². The number of carbonyl (C=O) groups is 2. The predicted molar refractivity (Wildman–Crippen MR) is 87.9 cm³/mol. The number of hydrazone groups is 1. The maximum atomic E-state index is 11.8. The molecule has 0 radical (unpaired) electrons. The summed E-state index contributed by atoms with van der Waals surface area (Å²) in [6.07, 6.45) is 5.07. The Balaban J connectivity index is 2.04. The maximum Gasteiger partial charge on any atom is 0.413 e. The van der Waals surface area contributed by atoms with Crippen molar-refractivity contribution in [3.63, 3.8) is 0 Å². The minimum atomic E-state index is -0.964. The molecule has 23 heavy (non-hydrogen) atoms. The number of nitrogens with zero attached hydrogens (tertiary/aromatic N) is 1. The highest BCUT2D eigenvalue weighted by molar-refractivity contribution is 6.06. The summed E-state index contributed by atoms with van der Waals surface area (Å²) in [5.74, 6) is 2.35. The predicted octanol–water partition coefficient (Wildman–Crippen LogP) is 2.51. The van der Waals surface area contributed by atoms with E-state index in [-0.39, 0.29) is 11.8 Å². The van der Waals surface area contributed by atoms with Crippen molar-refractivity contribution in [1.82, 2.24) is 5.43 Å². The molecule has 0 bridgehead atoms. The molecule has 1 unspecified atom stereocenters. The molecular formula is C17H19N3O3. The first-order chi connectivity index (χ1) is 10.8. The first-order valence-electron chi connectivity index (χ1n) is 7.25. The smallest absolute Gasteiger partial charge is 0.413 e. The Bertz CT molecular complexity index is 684. The van der Waals surface area contributed by atoms with Crippen LogP contribution < -0.4 is 10.7 Å². The molecule has 1 atom stereocenters. The van der Waals surface area contributed by atoms with Gasteiger partial charge in [-0.3, -0.25) is 10.1 Å². The lowest BCUT2D eigenvalue weighted by atomic mass is 9.94. The van der Waals surface area contributed by atoms with Gasteiger partial charge in [-0.25, -0.2) is 10.2 Å². The first kappa shape index (κ1) is 16.6. The molecule has 0 aliphatic carbocycles. The molecule has 0 fully saturated rings. The summed E-state index contributed by atoms with van der Waals surface area (Å²) in [6.45, 7) is 5.21. The van der Waals surface area contributed by atoms with Crippen molar-refractivity contribution < 1.29 is 14.3 Å². The third-order valence-electron chi connectivity index (χ3n) is 3.38. The summed E-state index contributed by atoms with van der Waals surface area (Å²) in [7, 11) is 0. The van der Waals surface area contributed by atoms with Crippen molar-refractivity contribution in [2.75, 3.05) is 5.32 Å². The van der Waals surface area contributed by atoms with Crippen LogP contribution in [-0.4, -0.2) is 23.3 Å². The van der Waals surface area contributed by atoms with Gasteiger partial charge >= 0.3 is 6.09 Å². The number of ether oxygens (including phenoxy) is 1. The van der Waals surface area contributed by atoms with Gasteiger partial charge in [0.25, 0.3) is 0 Å². The van der Waals surface area contributed by atoms with E-state index in [0.29, 0.717) is 12.1 Å². The van der Waals surface area contributed by atoms with Gasteiger partial charge in [-0.05, 0) is 31.5 Å². The fourth-order valence-corrected chi connectivity index (χ4v) is 2.13. The Labute approximate surface area is 135 Å². The summed E-state index contributed by atoms with van der Waals surface area (Å²) in [5, 5.41) is 6.71. The molecule has 0 aromatic heterocycles. The highest BCUT2D eigenvalue weighted by Crippen LogP contribution is 2.19. The maximum absolute atomic E-state index is 11.8. The Morgan fingerprint density at radius 2 is 2.09 bits per heavy atom. The van der Waals surface area contributed by atoms with E-state index in [1.165, 1.54) is 0 Å². The van der Waals surface area contributed by atoms with Crippen LogP contribution >= 0.6 is 0 Å². The van der Waals surface area contributed by atoms with Crippen LogP contribution in [0.5, 0.6) is 0 Å². The minimum Gasteiger partial charge on any atom is -0.430 e. The zero-order valence-corrected chi connectivity index (χ0v) is 13.3. The highest BCUT2D eigenvalue weighted by Gasteiger charge is 2.22. The summed E-state index contributed by atoms with van der Waals surface area (Å²) < 4.78 is 5.11. The molecule has 6 heteroatoms. The summed E-state index contributed by atoms with van der Waals surface area (Å²) >= 11 is 0. The molecule has 1 heterocycles. The molecule has 0 spiro atoms. The average Bonchev–Trinajstić information content (AvgIpc) is 2.48. The van der Waals surface area contributed by atoms with Crippen molar-refractivity contribution in [1.29, 1.82) is 0 Å². The largest absolute Gasteiger partial charge is 0.430 e. The second-order valence-electron chi connectivity index (χ2n) is 5.88. The number of carbonyl (C=O) groups excluding carboxylic acids is 2. The van der Waals surface area contributed by atoms with E-state index in [4.69, 9.17) is 11.2 Å². The highest BCUT2D eigenvalue weighted by atomic mass is 16.6. The summed E-state index contributed by atoms with van der Waals surface area (Å²) in [4.78, 5) is 23.0. The average molecular weight is 313 g/mol. The van der Waals surface area contributed by atoms with E-state index < -0.39 is 11.7 Å². The van der Waals surface area contributed by atoms with Crippen molar-refractivity contribution in [3.05, 3.63) is 29.8 Å². The monoisotopic (exact) mass is 313 g/mol. The fourth-order valence-electron chi connectivity index (χ4n) is 2.13. The molecule has 2 rings (SSSR count). The molecule has 6 nitrogen and oxygen atoms in total. The van der Waals surface area contributed by atoms with Gasteiger partial charge in [0.2, 0.25) is 5.91 Å². The van der Waals surface area contributed by atoms with Gasteiger partial charge in [0.15, 0.2) is 5.60 Å². The minimum absolute atomic E-state index is 0.0453. The molecule has 120 valence electrons. The van der Waals surface area contributed by atoms with Crippen LogP contribution in [0.3, 0.4) is 0 Å². The zero-order valence-electron chi connectivity index (χ0n) is 13.3. The van der Waals surface area contributed by atoms with Crippen molar-refractivity contribution in [3.8, 4) is 12.3 Å². The normalized spacial score (nSPS) is 17.6. The van der Waals surface area contributed by atoms with Gasteiger partial charge < -0.3 is 4.74 Å². The second kappa shape index (κ2) is 6.53. The third-order valence-corrected chi connectivity index (χ3v) is 3.38. The van der Waals surface area contributed by atoms with Gasteiger partial charge in [-0.2, -0.15) is 5.10 Å². The van der Waals surface area contributed by atoms with E-state index in [2.05, 4.69) is 21.8 Å². The number of benzene rings is 1. The number of terminal acetylenes is 1. The van der Waals surface area contributed by atoms with E-state index in [1.54, 1.807) is 26.0 Å². The number of amides is 2. The van der Waals surface area contributed by atoms with Gasteiger partial charge in [-0.15, -0.1) is 6.42 Å². The van der Waals surface area contributed by atoms with E-state index in [9.17, 15) is 9.59 Å². The quantitative estimate of drug-likeness (QED) is 0.841. The topological polar surface area (TPSA) is 79.8 Å². The van der Waals surface area contributed by atoms with Crippen LogP contribution in [-0.2, 0) is 9.53 Å². The molecule has 2 N–H and O–H groups in total. The molecule has 1 aliphatic rings. The van der Waals surface area contributed by atoms with Gasteiger partial charge in [0.05, 0.1) is 5.71 Å². The lowest BCUT2D eigenvalue weighted by molar-refractivity contribution is -0.121. The Kier molecular flexibility index (Phi) is 4.70. The van der Waals surface area contributed by atoms with Gasteiger partial charge in [0, 0.05) is 18.0 Å². The number of anilines is 1. The number of nitrogens with one attached hydrogen (secondary N) is 2. The number of rotatable bonds is 3. The lowest BCUT2D eigenvalue weighted by Gasteiger charge is -2.20. The van der Waals surface area contributed by atoms with Crippen LogP contribution in [0.15, 0.2) is 29.4 Å². The van der Waals surface area contributed by atoms with Crippen LogP contribution in [0.25, 0.3) is 0 Å². The SMILES string of the molecule is C#CC(C)(C)OC(=O)Nc1ccc(C2=NNC(=O)CC2C)cc1. The van der Waals surface area contributed by atoms with E-state index >= 15 is 0 Å². The van der Waals surface area contributed by atoms with E-state index in [1.807, 2.05) is 19.1 Å². The Hall–Kier alpha value is -2.81. The zero-order chi connectivity index (χ0) is 17.0. The van der Waals surface area contributed by atoms with Gasteiger partial charge in [-0.1, -0.05) is 25.0 Å². The lowest BCUT2D eigenvalue weighted by Crippen LogP contribution is -2.32. The van der Waals surface area contributed by atoms with Crippen LogP contribution in [0, 0.1) is 18.3 Å². The van der Waals surface area contributed by atoms with Crippen molar-refractivity contribution in [2.45, 2.75) is 32.8 Å². The number of hydrogen-bond donors (Lipinski definition) is 2. The Morgan fingerprint density at radius 3 is 2.65 bits per heavy atom. The molecular weight excluding hydrogens is 294 g/mol. The van der Waals surface area contributed by atoms with Crippen LogP contribution in [0.1, 0.15) is 32.8 Å². The third kappa shape index (κ3) is 4.33. The van der Waals surface area contributed by atoms with Crippen molar-refractivity contribution in [2.24, 2.45) is 11.0 Å². The van der Waals surface area contributed by atoms with E-state index in [0.717, 1.165) is 11.3 Å². The molecule has 1 aliphatic heterocycles. The molecule has 2 amide bonds. The molecule has 0 saturated carbocycles. The van der Waals surface area contributed by atoms with Crippen LogP contribution in [0.2, 0.25) is 0 Å². The number of hydrogen-bond acceptors (Lipinski definition) is 4. The second-order valence-corrected chi connectivity index (χ2v) is 5.88.